The molecular formula is C12H17F3N8S. The molecule has 24 heavy (non-hydrogen) atoms. The summed E-state index contributed by atoms with van der Waals surface area (Å²) in [5.41, 5.74) is 11.5. The molecule has 0 spiro atoms. The molecule has 0 aromatic carbocycles. The molecule has 0 aliphatic carbocycles. The Hall–Kier alpha value is -2.55. The summed E-state index contributed by atoms with van der Waals surface area (Å²) < 4.78 is 36.0. The highest BCUT2D eigenvalue weighted by Crippen LogP contribution is 2.17. The molecular weight excluding hydrogens is 345 g/mol. The number of aromatic nitrogens is 1. The summed E-state index contributed by atoms with van der Waals surface area (Å²) in [5, 5.41) is 15.2. The van der Waals surface area contributed by atoms with Crippen LogP contribution in [0.2, 0.25) is 0 Å². The number of unbranched alkanes of at least 4 members (excludes halogenated alkanes) is 1. The van der Waals surface area contributed by atoms with Crippen molar-refractivity contribution in [1.29, 1.82) is 5.26 Å². The van der Waals surface area contributed by atoms with Crippen LogP contribution < -0.4 is 22.1 Å². The fourth-order valence-electron chi connectivity index (χ4n) is 1.52. The molecule has 0 saturated carbocycles. The minimum Gasteiger partial charge on any atom is -0.370 e. The number of halogens is 3. The van der Waals surface area contributed by atoms with Crippen LogP contribution in [0.25, 0.3) is 0 Å². The maximum absolute atomic E-state index is 12.0. The van der Waals surface area contributed by atoms with Gasteiger partial charge in [0.05, 0.1) is 5.69 Å². The van der Waals surface area contributed by atoms with Gasteiger partial charge in [0.1, 0.15) is 6.54 Å². The number of aliphatic imine (C=N–C) groups is 2. The van der Waals surface area contributed by atoms with Gasteiger partial charge < -0.3 is 16.8 Å². The van der Waals surface area contributed by atoms with E-state index in [0.717, 1.165) is 18.5 Å². The summed E-state index contributed by atoms with van der Waals surface area (Å²) in [6.45, 7) is -0.860. The second-order valence-electron chi connectivity index (χ2n) is 4.55. The van der Waals surface area contributed by atoms with Crippen LogP contribution in [0.3, 0.4) is 0 Å². The van der Waals surface area contributed by atoms with Gasteiger partial charge in [-0.25, -0.2) is 9.98 Å². The molecule has 6 N–H and O–H groups in total. The van der Waals surface area contributed by atoms with E-state index in [4.69, 9.17) is 16.7 Å². The van der Waals surface area contributed by atoms with Crippen LogP contribution in [0.1, 0.15) is 18.5 Å². The van der Waals surface area contributed by atoms with Gasteiger partial charge in [0, 0.05) is 11.9 Å². The lowest BCUT2D eigenvalue weighted by atomic mass is 10.2. The van der Waals surface area contributed by atoms with Crippen molar-refractivity contribution in [3.63, 3.8) is 0 Å². The number of rotatable bonds is 7. The number of alkyl halides is 3. The molecule has 0 aliphatic rings. The number of nitrogens with two attached hydrogens (primary N) is 2. The largest absolute Gasteiger partial charge is 0.408 e. The zero-order valence-corrected chi connectivity index (χ0v) is 13.4. The highest BCUT2D eigenvalue weighted by molar-refractivity contribution is 7.13. The van der Waals surface area contributed by atoms with Crippen LogP contribution in [0.5, 0.6) is 0 Å². The van der Waals surface area contributed by atoms with Gasteiger partial charge in [-0.3, -0.25) is 10.3 Å². The summed E-state index contributed by atoms with van der Waals surface area (Å²) in [5.74, 6) is -0.255. The van der Waals surface area contributed by atoms with Gasteiger partial charge in [-0.05, 0) is 19.3 Å². The summed E-state index contributed by atoms with van der Waals surface area (Å²) in [7, 11) is 0. The number of hydrogen-bond acceptors (Lipinski definition) is 5. The lowest BCUT2D eigenvalue weighted by Crippen LogP contribution is -2.27. The molecule has 0 bridgehead atoms. The van der Waals surface area contributed by atoms with E-state index in [9.17, 15) is 13.2 Å². The number of guanidine groups is 2. The lowest BCUT2D eigenvalue weighted by Gasteiger charge is -2.04. The number of hydrogen-bond donors (Lipinski definition) is 4. The second-order valence-corrected chi connectivity index (χ2v) is 5.40. The van der Waals surface area contributed by atoms with Crippen LogP contribution >= 0.6 is 11.3 Å². The van der Waals surface area contributed by atoms with E-state index in [1.54, 1.807) is 11.6 Å². The lowest BCUT2D eigenvalue weighted by molar-refractivity contribution is -0.118. The normalized spacial score (nSPS) is 12.8. The zero-order valence-electron chi connectivity index (χ0n) is 12.6. The molecule has 0 saturated heterocycles. The number of thiazole rings is 1. The molecule has 12 heteroatoms. The van der Waals surface area contributed by atoms with Crippen molar-refractivity contribution in [3.8, 4) is 6.19 Å². The first-order valence-corrected chi connectivity index (χ1v) is 7.71. The van der Waals surface area contributed by atoms with Crippen molar-refractivity contribution in [2.75, 3.05) is 18.4 Å². The van der Waals surface area contributed by atoms with Crippen LogP contribution in [0.4, 0.5) is 18.3 Å². The fraction of sp³-hybridized carbons (Fsp3) is 0.500. The molecule has 0 amide bonds. The molecule has 132 valence electrons. The van der Waals surface area contributed by atoms with Crippen LogP contribution in [0.15, 0.2) is 15.4 Å². The van der Waals surface area contributed by atoms with Gasteiger partial charge >= 0.3 is 6.18 Å². The predicted molar refractivity (Wildman–Crippen MR) is 86.5 cm³/mol. The molecule has 0 fully saturated rings. The minimum absolute atomic E-state index is 0.0752. The van der Waals surface area contributed by atoms with E-state index < -0.39 is 12.7 Å². The quantitative estimate of drug-likeness (QED) is 0.189. The third-order valence-corrected chi connectivity index (χ3v) is 3.33. The molecule has 0 unspecified atom stereocenters. The van der Waals surface area contributed by atoms with Crippen molar-refractivity contribution in [3.05, 3.63) is 11.1 Å². The van der Waals surface area contributed by atoms with Gasteiger partial charge in [-0.2, -0.15) is 18.4 Å². The van der Waals surface area contributed by atoms with Crippen LogP contribution in [-0.4, -0.2) is 36.2 Å². The average molecular weight is 362 g/mol. The van der Waals surface area contributed by atoms with E-state index in [1.165, 1.54) is 11.3 Å². The maximum Gasteiger partial charge on any atom is 0.408 e. The SMILES string of the molecule is N#CNC(N)=NCCCCc1csc(NC(N)=NCC(F)(F)F)n1. The zero-order chi connectivity index (χ0) is 18.0. The van der Waals surface area contributed by atoms with E-state index in [2.05, 4.69) is 25.6 Å². The molecule has 1 aromatic heterocycles. The van der Waals surface area contributed by atoms with Crippen LogP contribution in [0, 0.1) is 11.5 Å². The topological polar surface area (TPSA) is 138 Å². The van der Waals surface area contributed by atoms with Crippen molar-refractivity contribution < 1.29 is 13.2 Å². The molecule has 1 heterocycles. The molecule has 1 aromatic rings. The first-order valence-electron chi connectivity index (χ1n) is 6.83. The Kier molecular flexibility index (Phi) is 7.76. The van der Waals surface area contributed by atoms with Crippen molar-refractivity contribution in [2.45, 2.75) is 25.4 Å². The Morgan fingerprint density at radius 1 is 1.29 bits per heavy atom. The number of anilines is 1. The summed E-state index contributed by atoms with van der Waals surface area (Å²) in [6.07, 6.45) is -0.499. The second kappa shape index (κ2) is 9.56. The molecule has 0 aliphatic heterocycles. The Morgan fingerprint density at radius 2 is 2.04 bits per heavy atom. The summed E-state index contributed by atoms with van der Waals surface area (Å²) in [6, 6.07) is 0. The monoisotopic (exact) mass is 362 g/mol. The minimum atomic E-state index is -4.39. The molecule has 8 nitrogen and oxygen atoms in total. The number of aryl methyl sites for hydroxylation is 1. The predicted octanol–water partition coefficient (Wildman–Crippen LogP) is 1.14. The smallest absolute Gasteiger partial charge is 0.370 e. The third kappa shape index (κ3) is 8.79. The third-order valence-electron chi connectivity index (χ3n) is 2.52. The first-order chi connectivity index (χ1) is 11.3. The fourth-order valence-corrected chi connectivity index (χ4v) is 2.27. The molecule has 0 radical (unpaired) electrons. The van der Waals surface area contributed by atoms with Gasteiger partial charge in [0.15, 0.2) is 17.3 Å². The van der Waals surface area contributed by atoms with Crippen LogP contribution in [-0.2, 0) is 6.42 Å². The van der Waals surface area contributed by atoms with Gasteiger partial charge in [0.2, 0.25) is 5.96 Å². The van der Waals surface area contributed by atoms with Crippen molar-refractivity contribution in [2.24, 2.45) is 21.5 Å². The highest BCUT2D eigenvalue weighted by Gasteiger charge is 2.26. The number of nitrogens with one attached hydrogen (secondary N) is 2. The standard InChI is InChI=1S/C12H17F3N8S/c13-12(14,15)6-20-10(18)23-11-22-8(5-24-11)3-1-2-4-19-9(17)21-7-16/h5H,1-4,6H2,(H3,17,19,21)(H3,18,20,22,23). The average Bonchev–Trinajstić information content (AvgIpc) is 2.92. The van der Waals surface area contributed by atoms with E-state index in [1.807, 2.05) is 0 Å². The first kappa shape index (κ1) is 19.5. The highest BCUT2D eigenvalue weighted by atomic mass is 32.1. The Bertz CT molecular complexity index is 617. The molecule has 1 rings (SSSR count). The Morgan fingerprint density at radius 3 is 2.71 bits per heavy atom. The van der Waals surface area contributed by atoms with E-state index in [0.29, 0.717) is 18.1 Å². The Labute approximate surface area is 140 Å². The van der Waals surface area contributed by atoms with E-state index in [-0.39, 0.29) is 11.9 Å². The van der Waals surface area contributed by atoms with Gasteiger partial charge in [-0.15, -0.1) is 11.3 Å². The van der Waals surface area contributed by atoms with Gasteiger partial charge in [-0.1, -0.05) is 0 Å². The maximum atomic E-state index is 12.0. The summed E-state index contributed by atoms with van der Waals surface area (Å²) in [4.78, 5) is 11.3. The van der Waals surface area contributed by atoms with Gasteiger partial charge in [0.25, 0.3) is 0 Å². The summed E-state index contributed by atoms with van der Waals surface area (Å²) >= 11 is 1.23. The molecule has 0 atom stereocenters. The van der Waals surface area contributed by atoms with Crippen molar-refractivity contribution in [1.82, 2.24) is 10.3 Å². The Balaban J connectivity index is 2.33. The number of nitrogens with zero attached hydrogens (tertiary/aromatic N) is 4. The number of nitriles is 1. The van der Waals surface area contributed by atoms with Crippen molar-refractivity contribution >= 4 is 28.4 Å². The van der Waals surface area contributed by atoms with E-state index >= 15 is 0 Å².